The zero-order valence-electron chi connectivity index (χ0n) is 17.6. The van der Waals surface area contributed by atoms with Gasteiger partial charge in [0.05, 0.1) is 6.26 Å². The molecule has 7 nitrogen and oxygen atoms in total. The zero-order chi connectivity index (χ0) is 20.9. The van der Waals surface area contributed by atoms with E-state index >= 15 is 0 Å². The lowest BCUT2D eigenvalue weighted by atomic mass is 9.88. The molecule has 158 valence electrons. The average molecular weight is 411 g/mol. The fraction of sp³-hybridized carbons (Fsp3) is 0.650. The van der Waals surface area contributed by atoms with E-state index in [9.17, 15) is 13.2 Å². The fourth-order valence-electron chi connectivity index (χ4n) is 3.72. The summed E-state index contributed by atoms with van der Waals surface area (Å²) >= 11 is 0. The minimum absolute atomic E-state index is 0.0980. The number of hydrogen-bond donors (Lipinski definition) is 3. The van der Waals surface area contributed by atoms with Gasteiger partial charge in [-0.3, -0.25) is 9.62 Å². The van der Waals surface area contributed by atoms with Gasteiger partial charge in [-0.2, -0.15) is 0 Å². The van der Waals surface area contributed by atoms with Crippen molar-refractivity contribution in [2.45, 2.75) is 46.2 Å². The Morgan fingerprint density at radius 3 is 2.21 bits per heavy atom. The second-order valence-corrected chi connectivity index (χ2v) is 10.5. The molecule has 0 radical (unpaired) electrons. The number of sulfonamides is 1. The number of anilines is 1. The van der Waals surface area contributed by atoms with Crippen LogP contribution in [0.1, 0.15) is 39.7 Å². The molecular weight excluding hydrogens is 376 g/mol. The maximum atomic E-state index is 12.2. The number of piperidine rings is 1. The molecule has 3 N–H and O–H groups in total. The van der Waals surface area contributed by atoms with Gasteiger partial charge in [0.2, 0.25) is 10.0 Å². The Kier molecular flexibility index (Phi) is 7.33. The first-order valence-corrected chi connectivity index (χ1v) is 11.7. The number of nitrogens with zero attached hydrogens (tertiary/aromatic N) is 1. The van der Waals surface area contributed by atoms with Crippen LogP contribution in [0.5, 0.6) is 0 Å². The van der Waals surface area contributed by atoms with Crippen LogP contribution in [0.25, 0.3) is 0 Å². The SMILES string of the molecule is C[C@@H]1C[C@@H](C)CN(C(C)(C)CNC(=O)NCc2ccc(NS(C)(=O)=O)cc2)C1. The Hall–Kier alpha value is -1.80. The van der Waals surface area contributed by atoms with Crippen molar-refractivity contribution in [3.63, 3.8) is 0 Å². The number of amides is 2. The third-order valence-electron chi connectivity index (χ3n) is 5.12. The van der Waals surface area contributed by atoms with Gasteiger partial charge in [-0.1, -0.05) is 26.0 Å². The molecule has 8 heteroatoms. The summed E-state index contributed by atoms with van der Waals surface area (Å²) in [5, 5.41) is 5.83. The summed E-state index contributed by atoms with van der Waals surface area (Å²) in [6.07, 6.45) is 2.37. The van der Waals surface area contributed by atoms with Crippen molar-refractivity contribution < 1.29 is 13.2 Å². The van der Waals surface area contributed by atoms with Crippen molar-refractivity contribution in [3.05, 3.63) is 29.8 Å². The summed E-state index contributed by atoms with van der Waals surface area (Å²) < 4.78 is 24.9. The second-order valence-electron chi connectivity index (χ2n) is 8.77. The number of urea groups is 1. The molecule has 1 aromatic carbocycles. The van der Waals surface area contributed by atoms with Gasteiger partial charge < -0.3 is 10.6 Å². The van der Waals surface area contributed by atoms with E-state index in [0.29, 0.717) is 30.6 Å². The molecule has 1 saturated heterocycles. The Balaban J connectivity index is 1.79. The highest BCUT2D eigenvalue weighted by Gasteiger charge is 2.32. The molecule has 0 unspecified atom stereocenters. The smallest absolute Gasteiger partial charge is 0.315 e. The lowest BCUT2D eigenvalue weighted by Gasteiger charge is -2.45. The van der Waals surface area contributed by atoms with E-state index in [2.05, 4.69) is 48.0 Å². The quantitative estimate of drug-likeness (QED) is 0.644. The van der Waals surface area contributed by atoms with Crippen molar-refractivity contribution in [1.82, 2.24) is 15.5 Å². The van der Waals surface area contributed by atoms with E-state index in [0.717, 1.165) is 24.9 Å². The van der Waals surface area contributed by atoms with E-state index in [4.69, 9.17) is 0 Å². The number of benzene rings is 1. The lowest BCUT2D eigenvalue weighted by Crippen LogP contribution is -2.56. The van der Waals surface area contributed by atoms with E-state index in [1.165, 1.54) is 6.42 Å². The Morgan fingerprint density at radius 2 is 1.68 bits per heavy atom. The van der Waals surface area contributed by atoms with Crippen molar-refractivity contribution in [2.75, 3.05) is 30.6 Å². The second kappa shape index (κ2) is 9.13. The van der Waals surface area contributed by atoms with Crippen LogP contribution in [-0.2, 0) is 16.6 Å². The monoisotopic (exact) mass is 410 g/mol. The predicted molar refractivity (Wildman–Crippen MR) is 114 cm³/mol. The Morgan fingerprint density at radius 1 is 1.11 bits per heavy atom. The van der Waals surface area contributed by atoms with Gasteiger partial charge in [-0.15, -0.1) is 0 Å². The third kappa shape index (κ3) is 7.31. The lowest BCUT2D eigenvalue weighted by molar-refractivity contribution is 0.0472. The molecule has 1 aliphatic heterocycles. The molecule has 1 fully saturated rings. The molecule has 1 aliphatic rings. The first-order valence-electron chi connectivity index (χ1n) is 9.78. The summed E-state index contributed by atoms with van der Waals surface area (Å²) in [7, 11) is -3.29. The first kappa shape index (κ1) is 22.5. The minimum Gasteiger partial charge on any atom is -0.336 e. The van der Waals surface area contributed by atoms with Crippen molar-refractivity contribution in [3.8, 4) is 0 Å². The minimum atomic E-state index is -3.29. The molecule has 2 atom stereocenters. The maximum Gasteiger partial charge on any atom is 0.315 e. The predicted octanol–water partition coefficient (Wildman–Crippen LogP) is 2.61. The Labute approximate surface area is 169 Å². The first-order chi connectivity index (χ1) is 12.9. The van der Waals surface area contributed by atoms with E-state index < -0.39 is 10.0 Å². The maximum absolute atomic E-state index is 12.2. The number of likely N-dealkylation sites (tertiary alicyclic amines) is 1. The van der Waals surface area contributed by atoms with Crippen LogP contribution < -0.4 is 15.4 Å². The highest BCUT2D eigenvalue weighted by Crippen LogP contribution is 2.26. The number of carbonyl (C=O) groups is 1. The molecule has 2 amide bonds. The van der Waals surface area contributed by atoms with Crippen molar-refractivity contribution in [2.24, 2.45) is 11.8 Å². The topological polar surface area (TPSA) is 90.5 Å². The number of carbonyl (C=O) groups excluding carboxylic acids is 1. The van der Waals surface area contributed by atoms with Crippen LogP contribution in [0.3, 0.4) is 0 Å². The summed E-state index contributed by atoms with van der Waals surface area (Å²) in [5.74, 6) is 1.36. The van der Waals surface area contributed by atoms with Gasteiger partial charge in [-0.25, -0.2) is 13.2 Å². The van der Waals surface area contributed by atoms with Crippen molar-refractivity contribution in [1.29, 1.82) is 0 Å². The van der Waals surface area contributed by atoms with Gasteiger partial charge in [0, 0.05) is 37.4 Å². The number of rotatable bonds is 7. The van der Waals surface area contributed by atoms with Crippen molar-refractivity contribution >= 4 is 21.7 Å². The van der Waals surface area contributed by atoms with Crippen LogP contribution in [0.4, 0.5) is 10.5 Å². The van der Waals surface area contributed by atoms with Gasteiger partial charge in [0.25, 0.3) is 0 Å². The van der Waals surface area contributed by atoms with Gasteiger partial charge in [0.15, 0.2) is 0 Å². The highest BCUT2D eigenvalue weighted by molar-refractivity contribution is 7.92. The summed E-state index contributed by atoms with van der Waals surface area (Å²) in [6.45, 7) is 12.0. The molecule has 0 aliphatic carbocycles. The third-order valence-corrected chi connectivity index (χ3v) is 5.72. The molecule has 0 saturated carbocycles. The van der Waals surface area contributed by atoms with Crippen LogP contribution in [0.15, 0.2) is 24.3 Å². The molecule has 0 aromatic heterocycles. The fourth-order valence-corrected chi connectivity index (χ4v) is 4.28. The summed E-state index contributed by atoms with van der Waals surface area (Å²) in [4.78, 5) is 14.7. The summed E-state index contributed by atoms with van der Waals surface area (Å²) in [5.41, 5.74) is 1.30. The summed E-state index contributed by atoms with van der Waals surface area (Å²) in [6, 6.07) is 6.72. The molecule has 0 spiro atoms. The van der Waals surface area contributed by atoms with Gasteiger partial charge in [-0.05, 0) is 49.8 Å². The van der Waals surface area contributed by atoms with Gasteiger partial charge >= 0.3 is 6.03 Å². The van der Waals surface area contributed by atoms with Crippen LogP contribution >= 0.6 is 0 Å². The van der Waals surface area contributed by atoms with Gasteiger partial charge in [0.1, 0.15) is 0 Å². The molecule has 28 heavy (non-hydrogen) atoms. The average Bonchev–Trinajstić information content (AvgIpc) is 2.57. The molecule has 0 bridgehead atoms. The molecule has 1 heterocycles. The van der Waals surface area contributed by atoms with Crippen LogP contribution in [-0.4, -0.2) is 50.8 Å². The molecule has 1 aromatic rings. The van der Waals surface area contributed by atoms with Crippen LogP contribution in [0, 0.1) is 11.8 Å². The van der Waals surface area contributed by atoms with E-state index in [1.54, 1.807) is 24.3 Å². The normalized spacial score (nSPS) is 21.2. The van der Waals surface area contributed by atoms with E-state index in [-0.39, 0.29) is 11.6 Å². The largest absolute Gasteiger partial charge is 0.336 e. The van der Waals surface area contributed by atoms with Crippen LogP contribution in [0.2, 0.25) is 0 Å². The number of hydrogen-bond acceptors (Lipinski definition) is 4. The molecular formula is C20H34N4O3S. The Bertz CT molecular complexity index is 752. The van der Waals surface area contributed by atoms with E-state index in [1.807, 2.05) is 0 Å². The number of nitrogens with one attached hydrogen (secondary N) is 3. The zero-order valence-corrected chi connectivity index (χ0v) is 18.4. The highest BCUT2D eigenvalue weighted by atomic mass is 32.2. The molecule has 2 rings (SSSR count). The standard InChI is InChI=1S/C20H34N4O3S/c1-15-10-16(2)13-24(12-15)20(3,4)14-22-19(25)21-11-17-6-8-18(9-7-17)23-28(5,26)27/h6-9,15-16,23H,10-14H2,1-5H3,(H2,21,22,25)/t15-,16-/m1/s1.